The Kier molecular flexibility index (Phi) is 4.77. The molecule has 3 heteroatoms. The lowest BCUT2D eigenvalue weighted by Gasteiger charge is -2.23. The molecule has 0 radical (unpaired) electrons. The fourth-order valence-corrected chi connectivity index (χ4v) is 1.54. The highest BCUT2D eigenvalue weighted by Crippen LogP contribution is 2.22. The Balaban J connectivity index is 2.82. The Morgan fingerprint density at radius 2 is 2.06 bits per heavy atom. The van der Waals surface area contributed by atoms with Crippen molar-refractivity contribution >= 4 is 0 Å². The molecule has 3 N–H and O–H groups in total. The third-order valence-corrected chi connectivity index (χ3v) is 2.96. The lowest BCUT2D eigenvalue weighted by Crippen LogP contribution is -2.41. The first kappa shape index (κ1) is 13.0. The molecular weight excluding hydrogens is 202 g/mol. The molecule has 3 nitrogen and oxygen atoms in total. The zero-order valence-corrected chi connectivity index (χ0v) is 10.2. The van der Waals surface area contributed by atoms with Gasteiger partial charge in [-0.2, -0.15) is 0 Å². The number of hydrogen-bond donors (Lipinski definition) is 2. The van der Waals surface area contributed by atoms with Gasteiger partial charge in [-0.25, -0.2) is 0 Å². The molecule has 0 fully saturated rings. The number of aliphatic hydroxyl groups excluding tert-OH is 1. The average Bonchev–Trinajstić information content (AvgIpc) is 2.30. The third-order valence-electron chi connectivity index (χ3n) is 2.96. The van der Waals surface area contributed by atoms with Gasteiger partial charge in [0.15, 0.2) is 0 Å². The van der Waals surface area contributed by atoms with Crippen molar-refractivity contribution in [1.82, 2.24) is 0 Å². The van der Waals surface area contributed by atoms with Gasteiger partial charge < -0.3 is 15.6 Å². The Morgan fingerprint density at radius 3 is 2.62 bits per heavy atom. The summed E-state index contributed by atoms with van der Waals surface area (Å²) in [4.78, 5) is 0. The number of ether oxygens (including phenoxy) is 1. The van der Waals surface area contributed by atoms with E-state index in [1.807, 2.05) is 39.0 Å². The van der Waals surface area contributed by atoms with Crippen molar-refractivity contribution in [3.63, 3.8) is 0 Å². The van der Waals surface area contributed by atoms with E-state index in [2.05, 4.69) is 0 Å². The molecule has 0 saturated carbocycles. The minimum atomic E-state index is -0.328. The largest absolute Gasteiger partial charge is 0.486 e. The van der Waals surface area contributed by atoms with Crippen LogP contribution < -0.4 is 10.5 Å². The zero-order valence-electron chi connectivity index (χ0n) is 10.2. The van der Waals surface area contributed by atoms with Crippen molar-refractivity contribution in [2.45, 2.75) is 39.3 Å². The third kappa shape index (κ3) is 2.97. The van der Waals surface area contributed by atoms with Crippen molar-refractivity contribution in [2.75, 3.05) is 6.61 Å². The molecule has 0 spiro atoms. The highest BCUT2D eigenvalue weighted by molar-refractivity contribution is 5.38. The fraction of sp³-hybridized carbons (Fsp3) is 0.538. The Morgan fingerprint density at radius 1 is 1.38 bits per heavy atom. The summed E-state index contributed by atoms with van der Waals surface area (Å²) in [7, 11) is 0. The maximum absolute atomic E-state index is 9.24. The molecule has 1 aromatic carbocycles. The maximum atomic E-state index is 9.24. The second-order valence-corrected chi connectivity index (χ2v) is 4.11. The second-order valence-electron chi connectivity index (χ2n) is 4.11. The number of aliphatic hydroxyl groups is 1. The second kappa shape index (κ2) is 5.87. The normalized spacial score (nSPS) is 14.6. The van der Waals surface area contributed by atoms with E-state index in [0.717, 1.165) is 17.7 Å². The first-order valence-electron chi connectivity index (χ1n) is 5.69. The van der Waals surface area contributed by atoms with Crippen molar-refractivity contribution in [3.05, 3.63) is 29.3 Å². The molecule has 0 aliphatic rings. The SMILES string of the molecule is CCC(N)C(CO)Oc1cccc(C)c1C. The van der Waals surface area contributed by atoms with Gasteiger partial charge in [-0.3, -0.25) is 0 Å². The molecule has 0 aromatic heterocycles. The minimum Gasteiger partial charge on any atom is -0.486 e. The lowest BCUT2D eigenvalue weighted by atomic mass is 10.1. The summed E-state index contributed by atoms with van der Waals surface area (Å²) in [6.45, 7) is 5.98. The number of hydrogen-bond acceptors (Lipinski definition) is 3. The van der Waals surface area contributed by atoms with Gasteiger partial charge in [0.05, 0.1) is 6.61 Å². The summed E-state index contributed by atoms with van der Waals surface area (Å²) in [6.07, 6.45) is 0.460. The van der Waals surface area contributed by atoms with Gasteiger partial charge in [0, 0.05) is 6.04 Å². The van der Waals surface area contributed by atoms with Gasteiger partial charge in [-0.15, -0.1) is 0 Å². The van der Waals surface area contributed by atoms with Crippen molar-refractivity contribution in [2.24, 2.45) is 5.73 Å². The summed E-state index contributed by atoms with van der Waals surface area (Å²) in [5.74, 6) is 0.808. The molecule has 2 atom stereocenters. The van der Waals surface area contributed by atoms with Gasteiger partial charge in [0.25, 0.3) is 0 Å². The van der Waals surface area contributed by atoms with E-state index >= 15 is 0 Å². The van der Waals surface area contributed by atoms with Gasteiger partial charge in [0.1, 0.15) is 11.9 Å². The van der Waals surface area contributed by atoms with Crippen LogP contribution in [0.15, 0.2) is 18.2 Å². The number of rotatable bonds is 5. The molecule has 1 aromatic rings. The predicted octanol–water partition coefficient (Wildman–Crippen LogP) is 1.78. The zero-order chi connectivity index (χ0) is 12.1. The van der Waals surface area contributed by atoms with Crippen LogP contribution in [0.25, 0.3) is 0 Å². The quantitative estimate of drug-likeness (QED) is 0.800. The summed E-state index contributed by atoms with van der Waals surface area (Å²) in [5.41, 5.74) is 8.16. The maximum Gasteiger partial charge on any atom is 0.137 e. The van der Waals surface area contributed by atoms with Crippen molar-refractivity contribution in [3.8, 4) is 5.75 Å². The van der Waals surface area contributed by atoms with E-state index in [1.165, 1.54) is 5.56 Å². The molecule has 1 rings (SSSR count). The smallest absolute Gasteiger partial charge is 0.137 e. The van der Waals surface area contributed by atoms with Gasteiger partial charge in [0.2, 0.25) is 0 Å². The average molecular weight is 223 g/mol. The molecule has 0 bridgehead atoms. The Hall–Kier alpha value is -1.06. The van der Waals surface area contributed by atoms with Gasteiger partial charge in [-0.1, -0.05) is 19.1 Å². The van der Waals surface area contributed by atoms with Crippen LogP contribution in [0.2, 0.25) is 0 Å². The first-order chi connectivity index (χ1) is 7.60. The molecule has 2 unspecified atom stereocenters. The lowest BCUT2D eigenvalue weighted by molar-refractivity contribution is 0.0926. The van der Waals surface area contributed by atoms with Crippen molar-refractivity contribution in [1.29, 1.82) is 0 Å². The summed E-state index contributed by atoms with van der Waals surface area (Å²) in [6, 6.07) is 5.76. The van der Waals surface area contributed by atoms with Gasteiger partial charge >= 0.3 is 0 Å². The van der Waals surface area contributed by atoms with Crippen LogP contribution in [-0.4, -0.2) is 23.9 Å². The molecule has 0 amide bonds. The highest BCUT2D eigenvalue weighted by atomic mass is 16.5. The number of aryl methyl sites for hydroxylation is 1. The van der Waals surface area contributed by atoms with Crippen LogP contribution in [0.3, 0.4) is 0 Å². The Labute approximate surface area is 97.2 Å². The monoisotopic (exact) mass is 223 g/mol. The van der Waals surface area contributed by atoms with E-state index in [1.54, 1.807) is 0 Å². The van der Waals surface area contributed by atoms with Crippen LogP contribution in [0.1, 0.15) is 24.5 Å². The van der Waals surface area contributed by atoms with E-state index in [4.69, 9.17) is 10.5 Å². The number of nitrogens with two attached hydrogens (primary N) is 1. The van der Waals surface area contributed by atoms with E-state index in [9.17, 15) is 5.11 Å². The van der Waals surface area contributed by atoms with E-state index < -0.39 is 0 Å². The van der Waals surface area contributed by atoms with Crippen LogP contribution in [0.4, 0.5) is 0 Å². The molecule has 0 heterocycles. The summed E-state index contributed by atoms with van der Waals surface area (Å²) in [5, 5.41) is 9.24. The van der Waals surface area contributed by atoms with Crippen LogP contribution in [0, 0.1) is 13.8 Å². The molecule has 0 aliphatic heterocycles. The predicted molar refractivity (Wildman–Crippen MR) is 65.7 cm³/mol. The minimum absolute atomic E-state index is 0.0532. The molecular formula is C13H21NO2. The highest BCUT2D eigenvalue weighted by Gasteiger charge is 2.18. The van der Waals surface area contributed by atoms with Crippen LogP contribution in [-0.2, 0) is 0 Å². The van der Waals surface area contributed by atoms with E-state index in [0.29, 0.717) is 0 Å². The fourth-order valence-electron chi connectivity index (χ4n) is 1.54. The first-order valence-corrected chi connectivity index (χ1v) is 5.69. The molecule has 90 valence electrons. The molecule has 16 heavy (non-hydrogen) atoms. The summed E-state index contributed by atoms with van der Waals surface area (Å²) < 4.78 is 5.75. The van der Waals surface area contributed by atoms with E-state index in [-0.39, 0.29) is 18.8 Å². The number of benzene rings is 1. The summed E-state index contributed by atoms with van der Waals surface area (Å²) >= 11 is 0. The van der Waals surface area contributed by atoms with Crippen molar-refractivity contribution < 1.29 is 9.84 Å². The Bertz CT molecular complexity index is 339. The standard InChI is InChI=1S/C13H21NO2/c1-4-11(14)13(8-15)16-12-7-5-6-9(2)10(12)3/h5-7,11,13,15H,4,8,14H2,1-3H3. The van der Waals surface area contributed by atoms with Gasteiger partial charge in [-0.05, 0) is 37.5 Å². The van der Waals surface area contributed by atoms with Crippen LogP contribution >= 0.6 is 0 Å². The molecule has 0 saturated heterocycles. The van der Waals surface area contributed by atoms with Crippen LogP contribution in [0.5, 0.6) is 5.75 Å². The molecule has 0 aliphatic carbocycles. The topological polar surface area (TPSA) is 55.5 Å².